The van der Waals surface area contributed by atoms with Gasteiger partial charge in [-0.1, -0.05) is 32.4 Å². The van der Waals surface area contributed by atoms with Crippen LogP contribution in [0.2, 0.25) is 5.02 Å². The van der Waals surface area contributed by atoms with Crippen molar-refractivity contribution >= 4 is 51.4 Å². The highest BCUT2D eigenvalue weighted by Gasteiger charge is 2.21. The van der Waals surface area contributed by atoms with E-state index in [0.717, 1.165) is 45.9 Å². The van der Waals surface area contributed by atoms with E-state index in [1.165, 1.54) is 11.8 Å². The molecule has 0 aromatic carbocycles. The van der Waals surface area contributed by atoms with Crippen LogP contribution in [0.3, 0.4) is 0 Å². The van der Waals surface area contributed by atoms with Gasteiger partial charge in [0, 0.05) is 48.8 Å². The van der Waals surface area contributed by atoms with Gasteiger partial charge < -0.3 is 15.6 Å². The Balaban J connectivity index is 1.81. The van der Waals surface area contributed by atoms with Crippen molar-refractivity contribution in [1.82, 2.24) is 29.9 Å². The van der Waals surface area contributed by atoms with E-state index in [9.17, 15) is 0 Å². The number of rotatable bonds is 8. The second-order valence-corrected chi connectivity index (χ2v) is 9.04. The van der Waals surface area contributed by atoms with Gasteiger partial charge in [-0.25, -0.2) is 19.9 Å². The summed E-state index contributed by atoms with van der Waals surface area (Å²) in [4.78, 5) is 29.1. The molecule has 4 aromatic rings. The molecule has 31 heavy (non-hydrogen) atoms. The molecule has 0 saturated heterocycles. The molecule has 4 aromatic heterocycles. The van der Waals surface area contributed by atoms with Crippen molar-refractivity contribution in [2.75, 3.05) is 24.5 Å². The van der Waals surface area contributed by atoms with E-state index < -0.39 is 0 Å². The molecule has 0 radical (unpaired) electrons. The second-order valence-electron chi connectivity index (χ2n) is 7.63. The summed E-state index contributed by atoms with van der Waals surface area (Å²) in [7, 11) is 0. The minimum Gasteiger partial charge on any atom is -0.354 e. The molecule has 0 aliphatic heterocycles. The predicted molar refractivity (Wildman–Crippen MR) is 126 cm³/mol. The Hall–Kier alpha value is -2.49. The van der Waals surface area contributed by atoms with Crippen LogP contribution >= 0.6 is 23.4 Å². The molecule has 0 spiro atoms. The lowest BCUT2D eigenvalue weighted by atomic mass is 10.2. The summed E-state index contributed by atoms with van der Waals surface area (Å²) in [6.45, 7) is 8.45. The third-order valence-corrected chi connectivity index (χ3v) is 6.01. The first-order chi connectivity index (χ1) is 15.0. The molecule has 0 aliphatic rings. The minimum absolute atomic E-state index is 0.444. The highest BCUT2D eigenvalue weighted by atomic mass is 35.5. The van der Waals surface area contributed by atoms with Gasteiger partial charge >= 0.3 is 0 Å². The van der Waals surface area contributed by atoms with Crippen molar-refractivity contribution in [1.29, 1.82) is 0 Å². The fourth-order valence-corrected chi connectivity index (χ4v) is 4.58. The Labute approximate surface area is 190 Å². The maximum absolute atomic E-state index is 6.72. The number of aromatic nitrogens is 6. The molecule has 0 atom stereocenters. The van der Waals surface area contributed by atoms with E-state index >= 15 is 0 Å². The topological polar surface area (TPSA) is 109 Å². The maximum atomic E-state index is 6.72. The van der Waals surface area contributed by atoms with Gasteiger partial charge in [0.2, 0.25) is 0 Å². The average Bonchev–Trinajstić information content (AvgIpc) is 3.08. The van der Waals surface area contributed by atoms with Gasteiger partial charge in [-0.15, -0.1) is 0 Å². The number of nitrogens with zero attached hydrogens (tertiary/aromatic N) is 6. The zero-order chi connectivity index (χ0) is 22.0. The predicted octanol–water partition coefficient (Wildman–Crippen LogP) is 4.08. The lowest BCUT2D eigenvalue weighted by molar-refractivity contribution is 0.606. The standard InChI is InChI=1S/C21H25ClN8S/c1-4-14-17(22)16-19(27-14)28-21(29-20(16)30(8-5-23)11-12(2)3)31-13-9-15-18(26-10-13)25-7-6-24-15/h6-7,9-10,12H,4-5,8,11,23H2,1-3H3,(H,27,28,29). The highest BCUT2D eigenvalue weighted by molar-refractivity contribution is 7.99. The molecule has 0 unspecified atom stereocenters. The quantitative estimate of drug-likeness (QED) is 0.381. The molecule has 0 aliphatic carbocycles. The Bertz CT molecular complexity index is 1210. The lowest BCUT2D eigenvalue weighted by Gasteiger charge is -2.26. The van der Waals surface area contributed by atoms with E-state index in [0.29, 0.717) is 34.8 Å². The third kappa shape index (κ3) is 4.58. The number of pyridine rings is 1. The normalized spacial score (nSPS) is 11.7. The Kier molecular flexibility index (Phi) is 6.54. The van der Waals surface area contributed by atoms with Gasteiger partial charge in [0.15, 0.2) is 10.8 Å². The molecule has 4 rings (SSSR count). The van der Waals surface area contributed by atoms with Crippen molar-refractivity contribution in [3.8, 4) is 0 Å². The second kappa shape index (κ2) is 9.33. The molecule has 10 heteroatoms. The molecule has 0 amide bonds. The Morgan fingerprint density at radius 3 is 2.74 bits per heavy atom. The van der Waals surface area contributed by atoms with E-state index in [2.05, 4.69) is 45.6 Å². The number of halogens is 1. The van der Waals surface area contributed by atoms with Crippen molar-refractivity contribution < 1.29 is 0 Å². The molecular weight excluding hydrogens is 432 g/mol. The monoisotopic (exact) mass is 456 g/mol. The van der Waals surface area contributed by atoms with Crippen molar-refractivity contribution in [2.45, 2.75) is 37.2 Å². The molecule has 3 N–H and O–H groups in total. The number of hydrogen-bond donors (Lipinski definition) is 2. The molecule has 4 heterocycles. The van der Waals surface area contributed by atoms with E-state index in [1.54, 1.807) is 18.6 Å². The molecule has 0 saturated carbocycles. The van der Waals surface area contributed by atoms with Crippen molar-refractivity contribution in [2.24, 2.45) is 11.7 Å². The zero-order valence-electron chi connectivity index (χ0n) is 17.8. The fraction of sp³-hybridized carbons (Fsp3) is 0.381. The molecule has 162 valence electrons. The maximum Gasteiger partial charge on any atom is 0.196 e. The molecule has 0 bridgehead atoms. The Morgan fingerprint density at radius 2 is 2.00 bits per heavy atom. The number of aryl methyl sites for hydroxylation is 1. The SMILES string of the molecule is CCc1[nH]c2nc(Sc3cnc4nccnc4c3)nc(N(CCN)CC(C)C)c2c1Cl. The number of fused-ring (bicyclic) bond motifs is 2. The van der Waals surface area contributed by atoms with E-state index in [-0.39, 0.29) is 0 Å². The number of anilines is 1. The van der Waals surface area contributed by atoms with Crippen LogP contribution in [0, 0.1) is 5.92 Å². The van der Waals surface area contributed by atoms with E-state index in [1.807, 2.05) is 6.07 Å². The van der Waals surface area contributed by atoms with Crippen LogP contribution in [-0.4, -0.2) is 49.5 Å². The first-order valence-electron chi connectivity index (χ1n) is 10.3. The first kappa shape index (κ1) is 21.7. The third-order valence-electron chi connectivity index (χ3n) is 4.77. The summed E-state index contributed by atoms with van der Waals surface area (Å²) in [6.07, 6.45) is 5.83. The summed E-state index contributed by atoms with van der Waals surface area (Å²) in [6, 6.07) is 1.94. The van der Waals surface area contributed by atoms with Crippen LogP contribution < -0.4 is 10.6 Å². The van der Waals surface area contributed by atoms with Crippen LogP contribution in [0.1, 0.15) is 26.5 Å². The molecule has 0 fully saturated rings. The molecule has 8 nitrogen and oxygen atoms in total. The van der Waals surface area contributed by atoms with Gasteiger partial charge in [0.05, 0.1) is 10.4 Å². The van der Waals surface area contributed by atoms with Gasteiger partial charge in [0.25, 0.3) is 0 Å². The van der Waals surface area contributed by atoms with Gasteiger partial charge in [-0.2, -0.15) is 0 Å². The summed E-state index contributed by atoms with van der Waals surface area (Å²) in [5.74, 6) is 1.25. The van der Waals surface area contributed by atoms with Crippen LogP contribution in [-0.2, 0) is 6.42 Å². The largest absolute Gasteiger partial charge is 0.354 e. The summed E-state index contributed by atoms with van der Waals surface area (Å²) in [5.41, 5.74) is 8.94. The average molecular weight is 457 g/mol. The Morgan fingerprint density at radius 1 is 1.19 bits per heavy atom. The molecular formula is C21H25ClN8S. The number of nitrogens with two attached hydrogens (primary N) is 1. The summed E-state index contributed by atoms with van der Waals surface area (Å²) >= 11 is 8.15. The highest BCUT2D eigenvalue weighted by Crippen LogP contribution is 2.37. The van der Waals surface area contributed by atoms with Crippen molar-refractivity contribution in [3.05, 3.63) is 35.4 Å². The number of aromatic amines is 1. The lowest BCUT2D eigenvalue weighted by Crippen LogP contribution is -2.33. The minimum atomic E-state index is 0.444. The number of nitrogens with one attached hydrogen (secondary N) is 1. The number of hydrogen-bond acceptors (Lipinski definition) is 8. The van der Waals surface area contributed by atoms with Crippen LogP contribution in [0.4, 0.5) is 5.82 Å². The van der Waals surface area contributed by atoms with Gasteiger partial charge in [0.1, 0.15) is 17.0 Å². The van der Waals surface area contributed by atoms with Gasteiger partial charge in [-0.3, -0.25) is 4.98 Å². The van der Waals surface area contributed by atoms with E-state index in [4.69, 9.17) is 27.3 Å². The summed E-state index contributed by atoms with van der Waals surface area (Å²) < 4.78 is 0. The zero-order valence-corrected chi connectivity index (χ0v) is 19.3. The first-order valence-corrected chi connectivity index (χ1v) is 11.5. The fourth-order valence-electron chi connectivity index (χ4n) is 3.47. The van der Waals surface area contributed by atoms with Crippen LogP contribution in [0.25, 0.3) is 22.2 Å². The smallest absolute Gasteiger partial charge is 0.196 e. The summed E-state index contributed by atoms with van der Waals surface area (Å²) in [5, 5.41) is 2.14. The van der Waals surface area contributed by atoms with Crippen LogP contribution in [0.5, 0.6) is 0 Å². The van der Waals surface area contributed by atoms with Gasteiger partial charge in [-0.05, 0) is 30.2 Å². The van der Waals surface area contributed by atoms with Crippen molar-refractivity contribution in [3.63, 3.8) is 0 Å². The van der Waals surface area contributed by atoms with Crippen LogP contribution in [0.15, 0.2) is 34.7 Å². The number of H-pyrrole nitrogens is 1.